The lowest BCUT2D eigenvalue weighted by molar-refractivity contribution is -0.134. The fourth-order valence-electron chi connectivity index (χ4n) is 2.09. The number of benzene rings is 1. The van der Waals surface area contributed by atoms with Crippen molar-refractivity contribution in [1.82, 2.24) is 5.32 Å². The SMILES string of the molecule is Cc1cc(Cl)ccc1NC(=O)C1(C(=O)NC(C)C)CC1. The molecule has 2 amide bonds. The summed E-state index contributed by atoms with van der Waals surface area (Å²) in [4.78, 5) is 24.5. The van der Waals surface area contributed by atoms with Crippen LogP contribution in [0.5, 0.6) is 0 Å². The number of carbonyl (C=O) groups is 2. The van der Waals surface area contributed by atoms with Crippen molar-refractivity contribution < 1.29 is 9.59 Å². The second-order valence-corrected chi connectivity index (χ2v) is 6.06. The first-order valence-electron chi connectivity index (χ1n) is 6.74. The summed E-state index contributed by atoms with van der Waals surface area (Å²) in [5.74, 6) is -0.419. The summed E-state index contributed by atoms with van der Waals surface area (Å²) in [6.45, 7) is 5.64. The minimum atomic E-state index is -0.893. The summed E-state index contributed by atoms with van der Waals surface area (Å²) in [5, 5.41) is 6.28. The van der Waals surface area contributed by atoms with Gasteiger partial charge in [-0.05, 0) is 57.4 Å². The van der Waals surface area contributed by atoms with Gasteiger partial charge >= 0.3 is 0 Å². The van der Waals surface area contributed by atoms with E-state index >= 15 is 0 Å². The Morgan fingerprint density at radius 2 is 1.90 bits per heavy atom. The number of carbonyl (C=O) groups excluding carboxylic acids is 2. The molecule has 0 spiro atoms. The molecule has 2 N–H and O–H groups in total. The highest BCUT2D eigenvalue weighted by Gasteiger charge is 2.56. The van der Waals surface area contributed by atoms with Crippen molar-refractivity contribution in [1.29, 1.82) is 0 Å². The fourth-order valence-corrected chi connectivity index (χ4v) is 2.32. The highest BCUT2D eigenvalue weighted by molar-refractivity contribution is 6.30. The van der Waals surface area contributed by atoms with E-state index in [1.165, 1.54) is 0 Å². The summed E-state index contributed by atoms with van der Waals surface area (Å²) < 4.78 is 0. The Morgan fingerprint density at radius 3 is 2.40 bits per heavy atom. The van der Waals surface area contributed by atoms with Crippen molar-refractivity contribution in [2.75, 3.05) is 5.32 Å². The van der Waals surface area contributed by atoms with E-state index in [0.717, 1.165) is 5.56 Å². The maximum absolute atomic E-state index is 12.4. The van der Waals surface area contributed by atoms with Crippen molar-refractivity contribution in [2.45, 2.75) is 39.7 Å². The van der Waals surface area contributed by atoms with Gasteiger partial charge in [-0.15, -0.1) is 0 Å². The third kappa shape index (κ3) is 2.96. The van der Waals surface area contributed by atoms with E-state index in [1.54, 1.807) is 18.2 Å². The maximum atomic E-state index is 12.4. The van der Waals surface area contributed by atoms with Crippen LogP contribution in [-0.2, 0) is 9.59 Å². The van der Waals surface area contributed by atoms with Crippen LogP contribution in [0.3, 0.4) is 0 Å². The van der Waals surface area contributed by atoms with E-state index in [1.807, 2.05) is 20.8 Å². The van der Waals surface area contributed by atoms with Crippen LogP contribution in [0.25, 0.3) is 0 Å². The normalized spacial score (nSPS) is 15.8. The van der Waals surface area contributed by atoms with Crippen molar-refractivity contribution >= 4 is 29.1 Å². The predicted molar refractivity (Wildman–Crippen MR) is 79.8 cm³/mol. The molecule has 0 bridgehead atoms. The number of amides is 2. The number of rotatable bonds is 4. The van der Waals surface area contributed by atoms with Crippen LogP contribution in [0, 0.1) is 12.3 Å². The second kappa shape index (κ2) is 5.44. The van der Waals surface area contributed by atoms with Gasteiger partial charge in [0.15, 0.2) is 0 Å². The van der Waals surface area contributed by atoms with Gasteiger partial charge in [0.05, 0.1) is 0 Å². The van der Waals surface area contributed by atoms with Crippen LogP contribution in [0.1, 0.15) is 32.3 Å². The topological polar surface area (TPSA) is 58.2 Å². The first-order valence-corrected chi connectivity index (χ1v) is 7.11. The number of aryl methyl sites for hydroxylation is 1. The van der Waals surface area contributed by atoms with Crippen molar-refractivity contribution in [3.05, 3.63) is 28.8 Å². The number of hydrogen-bond acceptors (Lipinski definition) is 2. The van der Waals surface area contributed by atoms with Gasteiger partial charge in [0, 0.05) is 16.8 Å². The van der Waals surface area contributed by atoms with E-state index in [2.05, 4.69) is 10.6 Å². The molecule has 108 valence electrons. The number of halogens is 1. The van der Waals surface area contributed by atoms with Gasteiger partial charge < -0.3 is 10.6 Å². The van der Waals surface area contributed by atoms with Gasteiger partial charge in [0.25, 0.3) is 0 Å². The van der Waals surface area contributed by atoms with Gasteiger partial charge in [0.2, 0.25) is 11.8 Å². The summed E-state index contributed by atoms with van der Waals surface area (Å²) in [6.07, 6.45) is 1.20. The number of hydrogen-bond donors (Lipinski definition) is 2. The van der Waals surface area contributed by atoms with Crippen LogP contribution in [0.15, 0.2) is 18.2 Å². The molecule has 0 heterocycles. The molecule has 1 aliphatic rings. The van der Waals surface area contributed by atoms with Gasteiger partial charge in [-0.2, -0.15) is 0 Å². The zero-order chi connectivity index (χ0) is 14.9. The average Bonchev–Trinajstić information content (AvgIpc) is 3.13. The Balaban J connectivity index is 2.10. The number of nitrogens with one attached hydrogen (secondary N) is 2. The third-order valence-corrected chi connectivity index (χ3v) is 3.71. The largest absolute Gasteiger partial charge is 0.353 e. The molecule has 1 aliphatic carbocycles. The van der Waals surface area contributed by atoms with Crippen LogP contribution < -0.4 is 10.6 Å². The Morgan fingerprint density at radius 1 is 1.25 bits per heavy atom. The van der Waals surface area contributed by atoms with E-state index in [0.29, 0.717) is 23.6 Å². The molecule has 5 heteroatoms. The average molecular weight is 295 g/mol. The molecule has 0 saturated heterocycles. The van der Waals surface area contributed by atoms with E-state index in [4.69, 9.17) is 11.6 Å². The zero-order valence-corrected chi connectivity index (χ0v) is 12.7. The van der Waals surface area contributed by atoms with Gasteiger partial charge in [0.1, 0.15) is 5.41 Å². The first kappa shape index (κ1) is 14.9. The third-order valence-electron chi connectivity index (χ3n) is 3.48. The van der Waals surface area contributed by atoms with Gasteiger partial charge in [-0.3, -0.25) is 9.59 Å². The highest BCUT2D eigenvalue weighted by atomic mass is 35.5. The quantitative estimate of drug-likeness (QED) is 0.839. The molecule has 0 aliphatic heterocycles. The standard InChI is InChI=1S/C15H19ClN2O2/c1-9(2)17-13(19)15(6-7-15)14(20)18-12-5-4-11(16)8-10(12)3/h4-5,8-9H,6-7H2,1-3H3,(H,17,19)(H,18,20). The first-order chi connectivity index (χ1) is 9.35. The molecule has 1 aromatic carbocycles. The smallest absolute Gasteiger partial charge is 0.240 e. The maximum Gasteiger partial charge on any atom is 0.240 e. The second-order valence-electron chi connectivity index (χ2n) is 5.62. The lowest BCUT2D eigenvalue weighted by atomic mass is 10.0. The van der Waals surface area contributed by atoms with E-state index < -0.39 is 5.41 Å². The summed E-state index contributed by atoms with van der Waals surface area (Å²) in [6, 6.07) is 5.29. The summed E-state index contributed by atoms with van der Waals surface area (Å²) >= 11 is 5.89. The van der Waals surface area contributed by atoms with E-state index in [9.17, 15) is 9.59 Å². The summed E-state index contributed by atoms with van der Waals surface area (Å²) in [7, 11) is 0. The Kier molecular flexibility index (Phi) is 4.04. The van der Waals surface area contributed by atoms with Crippen LogP contribution >= 0.6 is 11.6 Å². The Labute approximate surface area is 123 Å². The predicted octanol–water partition coefficient (Wildman–Crippen LogP) is 2.89. The van der Waals surface area contributed by atoms with Crippen molar-refractivity contribution in [2.24, 2.45) is 5.41 Å². The monoisotopic (exact) mass is 294 g/mol. The Bertz CT molecular complexity index is 551. The molecule has 1 saturated carbocycles. The minimum absolute atomic E-state index is 0.0324. The lowest BCUT2D eigenvalue weighted by Gasteiger charge is -2.18. The molecule has 0 atom stereocenters. The molecule has 0 aromatic heterocycles. The van der Waals surface area contributed by atoms with Gasteiger partial charge in [-0.1, -0.05) is 11.6 Å². The minimum Gasteiger partial charge on any atom is -0.353 e. The summed E-state index contributed by atoms with van der Waals surface area (Å²) in [5.41, 5.74) is 0.685. The molecular formula is C15H19ClN2O2. The van der Waals surface area contributed by atoms with Crippen LogP contribution in [-0.4, -0.2) is 17.9 Å². The highest BCUT2D eigenvalue weighted by Crippen LogP contribution is 2.47. The lowest BCUT2D eigenvalue weighted by Crippen LogP contribution is -2.42. The van der Waals surface area contributed by atoms with Crippen LogP contribution in [0.2, 0.25) is 5.02 Å². The van der Waals surface area contributed by atoms with Crippen molar-refractivity contribution in [3.63, 3.8) is 0 Å². The molecule has 20 heavy (non-hydrogen) atoms. The van der Waals surface area contributed by atoms with E-state index in [-0.39, 0.29) is 17.9 Å². The molecule has 2 rings (SSSR count). The molecule has 1 aromatic rings. The zero-order valence-electron chi connectivity index (χ0n) is 11.9. The Hall–Kier alpha value is -1.55. The molecular weight excluding hydrogens is 276 g/mol. The van der Waals surface area contributed by atoms with Crippen LogP contribution in [0.4, 0.5) is 5.69 Å². The molecule has 4 nitrogen and oxygen atoms in total. The molecule has 0 radical (unpaired) electrons. The molecule has 1 fully saturated rings. The fraction of sp³-hybridized carbons (Fsp3) is 0.467. The van der Waals surface area contributed by atoms with Gasteiger partial charge in [-0.25, -0.2) is 0 Å². The van der Waals surface area contributed by atoms with Crippen molar-refractivity contribution in [3.8, 4) is 0 Å². The number of anilines is 1. The molecule has 0 unspecified atom stereocenters.